The summed E-state index contributed by atoms with van der Waals surface area (Å²) in [4.78, 5) is 21.9. The summed E-state index contributed by atoms with van der Waals surface area (Å²) in [5.74, 6) is -0.0554. The molecular weight excluding hydrogens is 192 g/mol. The molecule has 0 spiro atoms. The van der Waals surface area contributed by atoms with Gasteiger partial charge in [-0.15, -0.1) is 0 Å². The largest absolute Gasteiger partial charge is 0.457 e. The molecule has 0 saturated carbocycles. The Morgan fingerprint density at radius 2 is 1.60 bits per heavy atom. The first-order valence-corrected chi connectivity index (χ1v) is 4.47. The van der Waals surface area contributed by atoms with Gasteiger partial charge in [0.05, 0.1) is 0 Å². The van der Waals surface area contributed by atoms with Crippen molar-refractivity contribution in [2.75, 3.05) is 0 Å². The smallest absolute Gasteiger partial charge is 0.229 e. The van der Waals surface area contributed by atoms with Gasteiger partial charge in [-0.1, -0.05) is 18.2 Å². The second-order valence-corrected chi connectivity index (χ2v) is 3.02. The molecule has 0 aromatic heterocycles. The van der Waals surface area contributed by atoms with Gasteiger partial charge in [0.25, 0.3) is 0 Å². The molecule has 3 heteroatoms. The quantitative estimate of drug-likeness (QED) is 0.538. The van der Waals surface area contributed by atoms with Crippen LogP contribution in [0.25, 0.3) is 0 Å². The predicted molar refractivity (Wildman–Crippen MR) is 54.3 cm³/mol. The summed E-state index contributed by atoms with van der Waals surface area (Å²) in [7, 11) is 0. The van der Waals surface area contributed by atoms with E-state index in [1.165, 1.54) is 18.2 Å². The third kappa shape index (κ3) is 2.20. The molecule has 0 amide bonds. The van der Waals surface area contributed by atoms with Crippen LogP contribution in [0.5, 0.6) is 5.75 Å². The highest BCUT2D eigenvalue weighted by Crippen LogP contribution is 2.15. The van der Waals surface area contributed by atoms with Crippen LogP contribution in [0.2, 0.25) is 0 Å². The van der Waals surface area contributed by atoms with E-state index >= 15 is 0 Å². The Morgan fingerprint density at radius 1 is 0.867 bits per heavy atom. The molecule has 0 unspecified atom stereocenters. The fourth-order valence-corrected chi connectivity index (χ4v) is 1.18. The molecule has 0 bridgehead atoms. The molecule has 3 nitrogen and oxygen atoms in total. The Kier molecular flexibility index (Phi) is 2.46. The number of carbonyl (C=O) groups is 2. The van der Waals surface area contributed by atoms with Crippen LogP contribution in [0.4, 0.5) is 0 Å². The normalized spacial score (nSPS) is 15.1. The topological polar surface area (TPSA) is 43.4 Å². The van der Waals surface area contributed by atoms with E-state index in [0.717, 1.165) is 0 Å². The standard InChI is InChI=1S/C12H8O3/c13-11-7-6-10(8-12(11)14)15-9-4-2-1-3-5-9/h1-8H. The van der Waals surface area contributed by atoms with Gasteiger partial charge in [0.1, 0.15) is 11.5 Å². The number of allylic oxidation sites excluding steroid dienone is 3. The highest BCUT2D eigenvalue weighted by molar-refractivity contribution is 6.46. The van der Waals surface area contributed by atoms with E-state index < -0.39 is 11.6 Å². The van der Waals surface area contributed by atoms with E-state index in [1.54, 1.807) is 12.1 Å². The van der Waals surface area contributed by atoms with Crippen molar-refractivity contribution in [1.82, 2.24) is 0 Å². The molecule has 0 heterocycles. The third-order valence-electron chi connectivity index (χ3n) is 1.89. The molecule has 15 heavy (non-hydrogen) atoms. The van der Waals surface area contributed by atoms with Crippen molar-refractivity contribution in [3.8, 4) is 5.75 Å². The van der Waals surface area contributed by atoms with Crippen molar-refractivity contribution in [2.45, 2.75) is 0 Å². The van der Waals surface area contributed by atoms with Gasteiger partial charge in [-0.25, -0.2) is 0 Å². The summed E-state index contributed by atoms with van der Waals surface area (Å²) in [6.07, 6.45) is 3.88. The number of benzene rings is 1. The van der Waals surface area contributed by atoms with Crippen LogP contribution in [-0.2, 0) is 9.59 Å². The average molecular weight is 200 g/mol. The van der Waals surface area contributed by atoms with Crippen LogP contribution in [0.1, 0.15) is 0 Å². The van der Waals surface area contributed by atoms with Crippen LogP contribution in [0.3, 0.4) is 0 Å². The first-order chi connectivity index (χ1) is 7.25. The SMILES string of the molecule is O=C1C=CC(Oc2ccccc2)=CC1=O. The Balaban J connectivity index is 2.15. The first kappa shape index (κ1) is 9.40. The molecule has 0 atom stereocenters. The number of hydrogen-bond donors (Lipinski definition) is 0. The number of ether oxygens (including phenoxy) is 1. The Labute approximate surface area is 86.7 Å². The lowest BCUT2D eigenvalue weighted by atomic mass is 10.1. The van der Waals surface area contributed by atoms with Crippen LogP contribution < -0.4 is 4.74 Å². The molecule has 0 radical (unpaired) electrons. The summed E-state index contributed by atoms with van der Waals surface area (Å²) in [5, 5.41) is 0. The molecule has 0 saturated heterocycles. The highest BCUT2D eigenvalue weighted by Gasteiger charge is 2.14. The maximum absolute atomic E-state index is 11.0. The lowest BCUT2D eigenvalue weighted by Gasteiger charge is -2.07. The molecule has 1 aromatic rings. The molecule has 0 N–H and O–H groups in total. The van der Waals surface area contributed by atoms with E-state index in [-0.39, 0.29) is 0 Å². The minimum atomic E-state index is -0.552. The van der Waals surface area contributed by atoms with E-state index in [0.29, 0.717) is 11.5 Å². The maximum Gasteiger partial charge on any atom is 0.229 e. The van der Waals surface area contributed by atoms with Crippen molar-refractivity contribution < 1.29 is 14.3 Å². The zero-order valence-corrected chi connectivity index (χ0v) is 7.84. The van der Waals surface area contributed by atoms with Crippen molar-refractivity contribution in [1.29, 1.82) is 0 Å². The van der Waals surface area contributed by atoms with Crippen LogP contribution in [-0.4, -0.2) is 11.6 Å². The van der Waals surface area contributed by atoms with E-state index in [4.69, 9.17) is 4.74 Å². The molecule has 1 aliphatic carbocycles. The molecule has 1 aromatic carbocycles. The predicted octanol–water partition coefficient (Wildman–Crippen LogP) is 1.66. The van der Waals surface area contributed by atoms with Crippen molar-refractivity contribution >= 4 is 11.6 Å². The monoisotopic (exact) mass is 200 g/mol. The number of hydrogen-bond acceptors (Lipinski definition) is 3. The first-order valence-electron chi connectivity index (χ1n) is 4.47. The molecule has 0 fully saturated rings. The lowest BCUT2D eigenvalue weighted by Crippen LogP contribution is -2.13. The van der Waals surface area contributed by atoms with Gasteiger partial charge >= 0.3 is 0 Å². The fraction of sp³-hybridized carbons (Fsp3) is 0. The second-order valence-electron chi connectivity index (χ2n) is 3.02. The number of para-hydroxylation sites is 1. The van der Waals surface area contributed by atoms with E-state index in [9.17, 15) is 9.59 Å². The zero-order chi connectivity index (χ0) is 10.7. The second kappa shape index (κ2) is 3.92. The van der Waals surface area contributed by atoms with Crippen molar-refractivity contribution in [3.05, 3.63) is 54.3 Å². The minimum Gasteiger partial charge on any atom is -0.457 e. The van der Waals surface area contributed by atoms with Crippen molar-refractivity contribution in [2.24, 2.45) is 0 Å². The Morgan fingerprint density at radius 3 is 2.27 bits per heavy atom. The van der Waals surface area contributed by atoms with Gasteiger partial charge in [-0.2, -0.15) is 0 Å². The van der Waals surface area contributed by atoms with Gasteiger partial charge in [-0.3, -0.25) is 9.59 Å². The molecule has 1 aliphatic rings. The minimum absolute atomic E-state index is 0.380. The molecule has 0 aliphatic heterocycles. The summed E-state index contributed by atoms with van der Waals surface area (Å²) >= 11 is 0. The van der Waals surface area contributed by atoms with E-state index in [2.05, 4.69) is 0 Å². The molecule has 74 valence electrons. The fourth-order valence-electron chi connectivity index (χ4n) is 1.18. The van der Waals surface area contributed by atoms with Crippen LogP contribution in [0.15, 0.2) is 54.3 Å². The average Bonchev–Trinajstić information content (AvgIpc) is 2.25. The number of rotatable bonds is 2. The molecular formula is C12H8O3. The van der Waals surface area contributed by atoms with Gasteiger partial charge in [0, 0.05) is 6.08 Å². The highest BCUT2D eigenvalue weighted by atomic mass is 16.5. The van der Waals surface area contributed by atoms with Gasteiger partial charge < -0.3 is 4.74 Å². The van der Waals surface area contributed by atoms with Crippen LogP contribution in [0, 0.1) is 0 Å². The van der Waals surface area contributed by atoms with Crippen LogP contribution >= 0.6 is 0 Å². The summed E-state index contributed by atoms with van der Waals surface area (Å²) in [6, 6.07) is 9.07. The lowest BCUT2D eigenvalue weighted by molar-refractivity contribution is -0.131. The summed E-state index contributed by atoms with van der Waals surface area (Å²) in [6.45, 7) is 0. The van der Waals surface area contributed by atoms with Gasteiger partial charge in [0.15, 0.2) is 0 Å². The van der Waals surface area contributed by atoms with E-state index in [1.807, 2.05) is 18.2 Å². The third-order valence-corrected chi connectivity index (χ3v) is 1.89. The number of carbonyl (C=O) groups excluding carboxylic acids is 2. The molecule has 2 rings (SSSR count). The Hall–Kier alpha value is -2.16. The zero-order valence-electron chi connectivity index (χ0n) is 7.84. The van der Waals surface area contributed by atoms with Gasteiger partial charge in [0.2, 0.25) is 11.6 Å². The summed E-state index contributed by atoms with van der Waals surface area (Å²) in [5.41, 5.74) is 0. The summed E-state index contributed by atoms with van der Waals surface area (Å²) < 4.78 is 5.38. The Bertz CT molecular complexity index is 455. The van der Waals surface area contributed by atoms with Crippen molar-refractivity contribution in [3.63, 3.8) is 0 Å². The maximum atomic E-state index is 11.0. The van der Waals surface area contributed by atoms with Gasteiger partial charge in [-0.05, 0) is 24.3 Å². The number of ketones is 2.